The first-order chi connectivity index (χ1) is 8.12. The average Bonchev–Trinajstić information content (AvgIpc) is 2.21. The van der Waals surface area contributed by atoms with E-state index in [-0.39, 0.29) is 12.0 Å². The van der Waals surface area contributed by atoms with Crippen LogP contribution in [-0.2, 0) is 17.4 Å². The van der Waals surface area contributed by atoms with Crippen molar-refractivity contribution in [2.24, 2.45) is 5.92 Å². The van der Waals surface area contributed by atoms with Crippen molar-refractivity contribution < 1.29 is 28.2 Å². The van der Waals surface area contributed by atoms with Crippen LogP contribution in [0.5, 0.6) is 5.75 Å². The molecule has 0 bridgehead atoms. The number of halogens is 4. The van der Waals surface area contributed by atoms with Gasteiger partial charge in [0.2, 0.25) is 0 Å². The van der Waals surface area contributed by atoms with Crippen molar-refractivity contribution in [3.8, 4) is 5.75 Å². The van der Waals surface area contributed by atoms with Crippen LogP contribution >= 0.6 is 11.6 Å². The van der Waals surface area contributed by atoms with E-state index in [2.05, 4.69) is 0 Å². The Morgan fingerprint density at radius 3 is 2.44 bits per heavy atom. The molecule has 2 N–H and O–H groups in total. The summed E-state index contributed by atoms with van der Waals surface area (Å²) >= 11 is 5.49. The normalized spacial score (nSPS) is 13.4. The molecule has 1 atom stereocenters. The van der Waals surface area contributed by atoms with E-state index in [4.69, 9.17) is 16.7 Å². The summed E-state index contributed by atoms with van der Waals surface area (Å²) in [4.78, 5) is 10.6. The van der Waals surface area contributed by atoms with Crippen LogP contribution in [0.4, 0.5) is 13.2 Å². The number of carboxylic acid groups (broad SMARTS) is 1. The fourth-order valence-electron chi connectivity index (χ4n) is 1.43. The third kappa shape index (κ3) is 3.29. The number of rotatable bonds is 3. The molecular weight excluding hydrogens is 273 g/mol. The number of aromatic hydroxyl groups is 1. The molecule has 1 unspecified atom stereocenters. The molecule has 0 heterocycles. The van der Waals surface area contributed by atoms with Crippen LogP contribution in [0, 0.1) is 5.92 Å². The van der Waals surface area contributed by atoms with Gasteiger partial charge in [-0.15, -0.1) is 0 Å². The molecule has 0 saturated heterocycles. The molecule has 0 aliphatic carbocycles. The van der Waals surface area contributed by atoms with Crippen molar-refractivity contribution in [2.45, 2.75) is 19.5 Å². The second-order valence-corrected chi connectivity index (χ2v) is 4.32. The summed E-state index contributed by atoms with van der Waals surface area (Å²) in [5.41, 5.74) is -1.15. The largest absolute Gasteiger partial charge is 0.506 e. The minimum atomic E-state index is -4.74. The number of alkyl halides is 3. The zero-order valence-electron chi connectivity index (χ0n) is 9.25. The van der Waals surface area contributed by atoms with Crippen molar-refractivity contribution >= 4 is 17.6 Å². The van der Waals surface area contributed by atoms with Crippen LogP contribution in [0.2, 0.25) is 5.02 Å². The highest BCUT2D eigenvalue weighted by Crippen LogP contribution is 2.40. The van der Waals surface area contributed by atoms with Gasteiger partial charge >= 0.3 is 12.1 Å². The Morgan fingerprint density at radius 1 is 1.44 bits per heavy atom. The first kappa shape index (κ1) is 14.6. The van der Waals surface area contributed by atoms with E-state index in [0.717, 1.165) is 6.07 Å². The molecule has 100 valence electrons. The first-order valence-electron chi connectivity index (χ1n) is 4.94. The van der Waals surface area contributed by atoms with E-state index < -0.39 is 34.4 Å². The molecule has 0 radical (unpaired) electrons. The summed E-state index contributed by atoms with van der Waals surface area (Å²) in [6.45, 7) is 1.37. The zero-order chi connectivity index (χ0) is 14.1. The summed E-state index contributed by atoms with van der Waals surface area (Å²) in [5.74, 6) is -3.00. The van der Waals surface area contributed by atoms with Crippen LogP contribution in [0.25, 0.3) is 0 Å². The number of carboxylic acids is 1. The molecule has 1 aromatic rings. The summed E-state index contributed by atoms with van der Waals surface area (Å²) in [6.07, 6.45) is -4.84. The monoisotopic (exact) mass is 282 g/mol. The second-order valence-electron chi connectivity index (χ2n) is 3.91. The Kier molecular flexibility index (Phi) is 4.11. The van der Waals surface area contributed by atoms with E-state index in [9.17, 15) is 23.1 Å². The fraction of sp³-hybridized carbons (Fsp3) is 0.364. The van der Waals surface area contributed by atoms with Crippen molar-refractivity contribution in [1.29, 1.82) is 0 Å². The van der Waals surface area contributed by atoms with Gasteiger partial charge < -0.3 is 10.2 Å². The molecule has 0 aromatic heterocycles. The molecule has 1 rings (SSSR count). The van der Waals surface area contributed by atoms with E-state index >= 15 is 0 Å². The van der Waals surface area contributed by atoms with Crippen molar-refractivity contribution in [2.75, 3.05) is 0 Å². The lowest BCUT2D eigenvalue weighted by Gasteiger charge is -2.13. The smallest absolute Gasteiger partial charge is 0.420 e. The topological polar surface area (TPSA) is 57.5 Å². The van der Waals surface area contributed by atoms with Crippen LogP contribution < -0.4 is 0 Å². The average molecular weight is 283 g/mol. The third-order valence-electron chi connectivity index (χ3n) is 2.39. The Morgan fingerprint density at radius 2 is 2.00 bits per heavy atom. The van der Waals surface area contributed by atoms with Crippen molar-refractivity contribution in [1.82, 2.24) is 0 Å². The molecule has 0 fully saturated rings. The molecule has 0 aliphatic heterocycles. The van der Waals surface area contributed by atoms with Crippen molar-refractivity contribution in [3.63, 3.8) is 0 Å². The lowest BCUT2D eigenvalue weighted by Crippen LogP contribution is -2.13. The van der Waals surface area contributed by atoms with E-state index in [1.165, 1.54) is 6.92 Å². The van der Waals surface area contributed by atoms with Gasteiger partial charge in [0.15, 0.2) is 0 Å². The highest BCUT2D eigenvalue weighted by atomic mass is 35.5. The number of hydrogen-bond donors (Lipinski definition) is 2. The molecule has 1 aromatic carbocycles. The van der Waals surface area contributed by atoms with Crippen LogP contribution in [-0.4, -0.2) is 16.2 Å². The summed E-state index contributed by atoms with van der Waals surface area (Å²) < 4.78 is 37.7. The zero-order valence-corrected chi connectivity index (χ0v) is 10.0. The van der Waals surface area contributed by atoms with Crippen molar-refractivity contribution in [3.05, 3.63) is 28.3 Å². The summed E-state index contributed by atoms with van der Waals surface area (Å²) in [6, 6.07) is 1.84. The van der Waals surface area contributed by atoms with Gasteiger partial charge in [-0.1, -0.05) is 18.5 Å². The number of benzene rings is 1. The summed E-state index contributed by atoms with van der Waals surface area (Å²) in [7, 11) is 0. The predicted molar refractivity (Wildman–Crippen MR) is 58.6 cm³/mol. The van der Waals surface area contributed by atoms with E-state index in [1.807, 2.05) is 0 Å². The second kappa shape index (κ2) is 5.06. The van der Waals surface area contributed by atoms with Gasteiger partial charge in [-0.05, 0) is 24.1 Å². The van der Waals surface area contributed by atoms with Crippen LogP contribution in [0.3, 0.4) is 0 Å². The lowest BCUT2D eigenvalue weighted by atomic mass is 9.99. The van der Waals surface area contributed by atoms with E-state index in [0.29, 0.717) is 6.07 Å². The van der Waals surface area contributed by atoms with Gasteiger partial charge in [0, 0.05) is 0 Å². The Labute approximate surface area is 106 Å². The van der Waals surface area contributed by atoms with Crippen LogP contribution in [0.15, 0.2) is 12.1 Å². The van der Waals surface area contributed by atoms with Gasteiger partial charge in [-0.3, -0.25) is 4.79 Å². The molecule has 3 nitrogen and oxygen atoms in total. The third-order valence-corrected chi connectivity index (χ3v) is 2.68. The van der Waals surface area contributed by atoms with Gasteiger partial charge in [0.05, 0.1) is 16.5 Å². The quantitative estimate of drug-likeness (QED) is 0.894. The van der Waals surface area contributed by atoms with E-state index in [1.54, 1.807) is 0 Å². The molecule has 0 amide bonds. The molecule has 0 aliphatic rings. The number of aliphatic carboxylic acids is 1. The number of hydrogen-bond acceptors (Lipinski definition) is 2. The molecule has 18 heavy (non-hydrogen) atoms. The molecule has 0 spiro atoms. The fourth-order valence-corrected chi connectivity index (χ4v) is 1.67. The Balaban J connectivity index is 3.17. The highest BCUT2D eigenvalue weighted by molar-refractivity contribution is 6.32. The maximum Gasteiger partial charge on any atom is 0.420 e. The lowest BCUT2D eigenvalue weighted by molar-refractivity contribution is -0.141. The maximum absolute atomic E-state index is 12.6. The predicted octanol–water partition coefficient (Wildman–Crippen LogP) is 3.33. The highest BCUT2D eigenvalue weighted by Gasteiger charge is 2.35. The minimum Gasteiger partial charge on any atom is -0.506 e. The number of phenolic OH excluding ortho intramolecular Hbond substituents is 1. The van der Waals surface area contributed by atoms with Gasteiger partial charge in [-0.2, -0.15) is 13.2 Å². The minimum absolute atomic E-state index is 0.0988. The van der Waals surface area contributed by atoms with Gasteiger partial charge in [0.25, 0.3) is 0 Å². The number of phenols is 1. The van der Waals surface area contributed by atoms with Gasteiger partial charge in [-0.25, -0.2) is 0 Å². The number of carbonyl (C=O) groups is 1. The molecule has 0 saturated carbocycles. The molecule has 7 heteroatoms. The standard InChI is InChI=1S/C11H10ClF3O3/c1-5(10(17)18)2-6-3-7(11(13,14)15)9(16)8(12)4-6/h3-5,16H,2H2,1H3,(H,17,18). The Bertz CT molecular complexity index is 471. The molecular formula is C11H10ClF3O3. The van der Waals surface area contributed by atoms with Crippen LogP contribution in [0.1, 0.15) is 18.1 Å². The SMILES string of the molecule is CC(Cc1cc(Cl)c(O)c(C(F)(F)F)c1)C(=O)O. The maximum atomic E-state index is 12.6. The first-order valence-corrected chi connectivity index (χ1v) is 5.32. The Hall–Kier alpha value is -1.43. The summed E-state index contributed by atoms with van der Waals surface area (Å²) in [5, 5.41) is 17.5. The van der Waals surface area contributed by atoms with Gasteiger partial charge in [0.1, 0.15) is 5.75 Å².